The zero-order chi connectivity index (χ0) is 24.1. The van der Waals surface area contributed by atoms with Gasteiger partial charge in [0.05, 0.1) is 12.0 Å². The van der Waals surface area contributed by atoms with Crippen molar-refractivity contribution in [3.63, 3.8) is 0 Å². The Morgan fingerprint density at radius 2 is 1.64 bits per heavy atom. The summed E-state index contributed by atoms with van der Waals surface area (Å²) in [5, 5.41) is 11.0. The molecule has 2 atom stereocenters. The van der Waals surface area contributed by atoms with Gasteiger partial charge in [0.2, 0.25) is 5.91 Å². The van der Waals surface area contributed by atoms with Gasteiger partial charge in [-0.3, -0.25) is 9.69 Å². The zero-order valence-corrected chi connectivity index (χ0v) is 19.9. The molecule has 0 aromatic heterocycles. The number of benzene rings is 2. The number of primary amides is 1. The Bertz CT molecular complexity index is 1030. The van der Waals surface area contributed by atoms with Gasteiger partial charge in [-0.05, 0) is 74.8 Å². The van der Waals surface area contributed by atoms with Crippen LogP contribution in [0.5, 0.6) is 11.5 Å². The van der Waals surface area contributed by atoms with Crippen molar-refractivity contribution >= 4 is 15.7 Å². The number of hydrogen-bond donors (Lipinski definition) is 2. The molecule has 1 aliphatic heterocycles. The molecule has 1 amide bonds. The number of ether oxygens (including phenoxy) is 2. The highest BCUT2D eigenvalue weighted by molar-refractivity contribution is 7.93. The molecule has 9 heteroatoms. The molecule has 0 aliphatic carbocycles. The van der Waals surface area contributed by atoms with Crippen molar-refractivity contribution < 1.29 is 27.8 Å². The molecule has 0 spiro atoms. The Labute approximate surface area is 195 Å². The lowest BCUT2D eigenvalue weighted by Gasteiger charge is -2.31. The molecule has 1 heterocycles. The minimum atomic E-state index is -4.33. The average Bonchev–Trinajstić information content (AvgIpc) is 2.84. The number of likely N-dealkylation sites (tertiary alicyclic amines) is 1. The number of methoxy groups -OCH3 is 1. The van der Waals surface area contributed by atoms with Crippen LogP contribution < -0.4 is 15.2 Å². The van der Waals surface area contributed by atoms with Gasteiger partial charge in [0.1, 0.15) is 24.2 Å². The molecule has 1 saturated heterocycles. The van der Waals surface area contributed by atoms with Gasteiger partial charge in [-0.2, -0.15) is 0 Å². The summed E-state index contributed by atoms with van der Waals surface area (Å²) in [6.45, 7) is 4.69. The summed E-state index contributed by atoms with van der Waals surface area (Å²) < 4.78 is 35.2. The van der Waals surface area contributed by atoms with E-state index >= 15 is 0 Å². The lowest BCUT2D eigenvalue weighted by molar-refractivity contribution is -0.123. The molecular formula is C24H32N2O6S. The monoisotopic (exact) mass is 476 g/mol. The summed E-state index contributed by atoms with van der Waals surface area (Å²) in [6, 6.07) is 12.0. The maximum absolute atomic E-state index is 13.3. The first-order chi connectivity index (χ1) is 15.7. The van der Waals surface area contributed by atoms with Crippen molar-refractivity contribution in [2.45, 2.75) is 41.9 Å². The van der Waals surface area contributed by atoms with Crippen LogP contribution in [0, 0.1) is 0 Å². The first kappa shape index (κ1) is 25.0. The van der Waals surface area contributed by atoms with Crippen molar-refractivity contribution in [1.82, 2.24) is 4.90 Å². The Kier molecular flexibility index (Phi) is 7.99. The number of nitrogens with two attached hydrogens (primary N) is 1. The van der Waals surface area contributed by atoms with E-state index in [1.54, 1.807) is 24.3 Å². The van der Waals surface area contributed by atoms with Gasteiger partial charge >= 0.3 is 0 Å². The highest BCUT2D eigenvalue weighted by Crippen LogP contribution is 2.38. The Hall–Kier alpha value is -2.62. The molecular weight excluding hydrogens is 444 g/mol. The lowest BCUT2D eigenvalue weighted by atomic mass is 9.96. The molecule has 8 nitrogen and oxygen atoms in total. The topological polar surface area (TPSA) is 119 Å². The molecule has 1 fully saturated rings. The lowest BCUT2D eigenvalue weighted by Crippen LogP contribution is -2.52. The standard InChI is InChI=1S/C24H32N2O6S/c1-24(23(25)28,33(29,30)21-12-10-19(31-2)11-13-21)22(27)18-6-8-20(9-7-18)32-17-16-26-14-4-3-5-15-26/h6-13,22,27H,3-5,14-17H2,1-2H3,(H2,25,28). The van der Waals surface area contributed by atoms with Gasteiger partial charge in [0.25, 0.3) is 0 Å². The Morgan fingerprint density at radius 1 is 1.06 bits per heavy atom. The van der Waals surface area contributed by atoms with Crippen molar-refractivity contribution in [2.24, 2.45) is 5.73 Å². The maximum atomic E-state index is 13.3. The van der Waals surface area contributed by atoms with E-state index in [2.05, 4.69) is 4.90 Å². The van der Waals surface area contributed by atoms with Crippen molar-refractivity contribution in [3.05, 3.63) is 54.1 Å². The van der Waals surface area contributed by atoms with E-state index in [1.807, 2.05) is 0 Å². The first-order valence-corrected chi connectivity index (χ1v) is 12.5. The van der Waals surface area contributed by atoms with Crippen LogP contribution in [0.15, 0.2) is 53.4 Å². The van der Waals surface area contributed by atoms with Gasteiger partial charge in [-0.1, -0.05) is 18.6 Å². The van der Waals surface area contributed by atoms with Gasteiger partial charge in [-0.25, -0.2) is 8.42 Å². The quantitative estimate of drug-likeness (QED) is 0.540. The number of carbonyl (C=O) groups excluding carboxylic acids is 1. The maximum Gasteiger partial charge on any atom is 0.242 e. The van der Waals surface area contributed by atoms with Crippen LogP contribution in [0.4, 0.5) is 0 Å². The number of aliphatic hydroxyl groups excluding tert-OH is 1. The molecule has 180 valence electrons. The molecule has 2 aromatic rings. The number of carbonyl (C=O) groups is 1. The second kappa shape index (κ2) is 10.5. The first-order valence-electron chi connectivity index (χ1n) is 11.0. The van der Waals surface area contributed by atoms with Gasteiger partial charge < -0.3 is 20.3 Å². The third kappa shape index (κ3) is 5.31. The fourth-order valence-corrected chi connectivity index (χ4v) is 5.63. The molecule has 0 saturated carbocycles. The van der Waals surface area contributed by atoms with Crippen LogP contribution in [-0.2, 0) is 14.6 Å². The molecule has 3 rings (SSSR count). The molecule has 0 radical (unpaired) electrons. The molecule has 33 heavy (non-hydrogen) atoms. The van der Waals surface area contributed by atoms with Crippen LogP contribution in [0.3, 0.4) is 0 Å². The predicted octanol–water partition coefficient (Wildman–Crippen LogP) is 2.31. The minimum Gasteiger partial charge on any atom is -0.497 e. The van der Waals surface area contributed by atoms with Crippen LogP contribution in [-0.4, -0.2) is 62.4 Å². The second-order valence-electron chi connectivity index (χ2n) is 8.37. The molecule has 3 N–H and O–H groups in total. The minimum absolute atomic E-state index is 0.138. The predicted molar refractivity (Wildman–Crippen MR) is 125 cm³/mol. The fourth-order valence-electron chi connectivity index (χ4n) is 3.95. The molecule has 1 aliphatic rings. The summed E-state index contributed by atoms with van der Waals surface area (Å²) in [7, 11) is -2.87. The van der Waals surface area contributed by atoms with Crippen molar-refractivity contribution in [2.75, 3.05) is 33.4 Å². The molecule has 0 bridgehead atoms. The van der Waals surface area contributed by atoms with Crippen LogP contribution in [0.25, 0.3) is 0 Å². The van der Waals surface area contributed by atoms with Crippen molar-refractivity contribution in [1.29, 1.82) is 0 Å². The summed E-state index contributed by atoms with van der Waals surface area (Å²) in [5.74, 6) is -0.0828. The smallest absolute Gasteiger partial charge is 0.242 e. The number of aliphatic hydroxyl groups is 1. The Morgan fingerprint density at radius 3 is 2.18 bits per heavy atom. The summed E-state index contributed by atoms with van der Waals surface area (Å²) >= 11 is 0. The van der Waals surface area contributed by atoms with E-state index in [1.165, 1.54) is 50.6 Å². The van der Waals surface area contributed by atoms with Gasteiger partial charge in [0.15, 0.2) is 14.6 Å². The van der Waals surface area contributed by atoms with Gasteiger partial charge in [0, 0.05) is 6.54 Å². The van der Waals surface area contributed by atoms with Crippen LogP contribution in [0.1, 0.15) is 37.9 Å². The number of rotatable bonds is 10. The number of nitrogens with zero attached hydrogens (tertiary/aromatic N) is 1. The Balaban J connectivity index is 1.75. The van der Waals surface area contributed by atoms with Crippen molar-refractivity contribution in [3.8, 4) is 11.5 Å². The number of piperidine rings is 1. The summed E-state index contributed by atoms with van der Waals surface area (Å²) in [5.41, 5.74) is 5.77. The van der Waals surface area contributed by atoms with Crippen LogP contribution in [0.2, 0.25) is 0 Å². The van der Waals surface area contributed by atoms with Crippen LogP contribution >= 0.6 is 0 Å². The molecule has 2 unspecified atom stereocenters. The van der Waals surface area contributed by atoms with E-state index in [0.29, 0.717) is 18.1 Å². The second-order valence-corrected chi connectivity index (χ2v) is 10.7. The number of hydrogen-bond acceptors (Lipinski definition) is 7. The normalized spacial score (nSPS) is 17.7. The highest BCUT2D eigenvalue weighted by atomic mass is 32.2. The largest absolute Gasteiger partial charge is 0.497 e. The van der Waals surface area contributed by atoms with E-state index in [0.717, 1.165) is 26.6 Å². The van der Waals surface area contributed by atoms with E-state index in [-0.39, 0.29) is 10.5 Å². The van der Waals surface area contributed by atoms with E-state index in [4.69, 9.17) is 15.2 Å². The summed E-state index contributed by atoms with van der Waals surface area (Å²) in [4.78, 5) is 14.6. The summed E-state index contributed by atoms with van der Waals surface area (Å²) in [6.07, 6.45) is 2.03. The fraction of sp³-hybridized carbons (Fsp3) is 0.458. The SMILES string of the molecule is COc1ccc(S(=O)(=O)C(C)(C(N)=O)C(O)c2ccc(OCCN3CCCCC3)cc2)cc1. The molecule has 2 aromatic carbocycles. The third-order valence-electron chi connectivity index (χ3n) is 6.26. The number of sulfone groups is 1. The average molecular weight is 477 g/mol. The highest BCUT2D eigenvalue weighted by Gasteiger charge is 2.52. The van der Waals surface area contributed by atoms with E-state index in [9.17, 15) is 18.3 Å². The van der Waals surface area contributed by atoms with E-state index < -0.39 is 26.6 Å². The third-order valence-corrected chi connectivity index (χ3v) is 8.69. The van der Waals surface area contributed by atoms with Gasteiger partial charge in [-0.15, -0.1) is 0 Å². The number of amides is 1. The zero-order valence-electron chi connectivity index (χ0n) is 19.1.